The summed E-state index contributed by atoms with van der Waals surface area (Å²) in [7, 11) is 1.48. The summed E-state index contributed by atoms with van der Waals surface area (Å²) >= 11 is 0. The second-order valence-corrected chi connectivity index (χ2v) is 8.15. The lowest BCUT2D eigenvalue weighted by Gasteiger charge is -2.22. The Hall–Kier alpha value is -3.94. The van der Waals surface area contributed by atoms with Gasteiger partial charge in [0.25, 0.3) is 0 Å². The zero-order chi connectivity index (χ0) is 23.5. The first-order valence-electron chi connectivity index (χ1n) is 10.7. The quantitative estimate of drug-likeness (QED) is 0.408. The Balaban J connectivity index is 1.87. The van der Waals surface area contributed by atoms with Gasteiger partial charge in [-0.05, 0) is 58.7 Å². The van der Waals surface area contributed by atoms with E-state index in [0.29, 0.717) is 17.1 Å². The number of hydrogen-bond acceptors (Lipinski definition) is 6. The van der Waals surface area contributed by atoms with Gasteiger partial charge in [0.2, 0.25) is 0 Å². The van der Waals surface area contributed by atoms with Crippen LogP contribution in [-0.4, -0.2) is 32.4 Å². The Labute approximate surface area is 191 Å². The lowest BCUT2D eigenvalue weighted by atomic mass is 10.00. The highest BCUT2D eigenvalue weighted by atomic mass is 19.1. The first kappa shape index (κ1) is 22.3. The zero-order valence-electron chi connectivity index (χ0n) is 19.0. The number of hydrogen-bond donors (Lipinski definition) is 2. The number of aromatic hydroxyl groups is 1. The SMILES string of the molecule is COc1ccc(NC(c2ccc(C)cc2O)c2nnnn2-c2ccccc2C(C)C)c(F)c1. The molecule has 1 aromatic heterocycles. The van der Waals surface area contributed by atoms with Crippen LogP contribution in [0.15, 0.2) is 60.7 Å². The fraction of sp³-hybridized carbons (Fsp3) is 0.240. The predicted molar refractivity (Wildman–Crippen MR) is 125 cm³/mol. The number of nitrogens with one attached hydrogen (secondary N) is 1. The first-order valence-corrected chi connectivity index (χ1v) is 10.7. The van der Waals surface area contributed by atoms with Gasteiger partial charge in [-0.1, -0.05) is 44.2 Å². The molecule has 0 aliphatic rings. The molecule has 8 heteroatoms. The van der Waals surface area contributed by atoms with Crippen LogP contribution in [0.3, 0.4) is 0 Å². The van der Waals surface area contributed by atoms with Crippen LogP contribution in [0.2, 0.25) is 0 Å². The lowest BCUT2D eigenvalue weighted by Crippen LogP contribution is -2.19. The smallest absolute Gasteiger partial charge is 0.183 e. The Morgan fingerprint density at radius 2 is 1.82 bits per heavy atom. The molecule has 1 unspecified atom stereocenters. The maximum atomic E-state index is 14.8. The minimum Gasteiger partial charge on any atom is -0.508 e. The number of phenols is 1. The van der Waals surface area contributed by atoms with Crippen LogP contribution in [-0.2, 0) is 0 Å². The van der Waals surface area contributed by atoms with E-state index in [-0.39, 0.29) is 17.4 Å². The van der Waals surface area contributed by atoms with Gasteiger partial charge in [-0.3, -0.25) is 0 Å². The van der Waals surface area contributed by atoms with Crippen LogP contribution in [0.5, 0.6) is 11.5 Å². The Morgan fingerprint density at radius 1 is 1.03 bits per heavy atom. The average molecular weight is 448 g/mol. The van der Waals surface area contributed by atoms with Crippen molar-refractivity contribution in [1.29, 1.82) is 0 Å². The summed E-state index contributed by atoms with van der Waals surface area (Å²) < 4.78 is 21.6. The number of para-hydroxylation sites is 1. The van der Waals surface area contributed by atoms with Gasteiger partial charge in [0.15, 0.2) is 5.82 Å². The molecule has 33 heavy (non-hydrogen) atoms. The van der Waals surface area contributed by atoms with Gasteiger partial charge in [-0.25, -0.2) is 4.39 Å². The molecular weight excluding hydrogens is 421 g/mol. The molecule has 1 atom stereocenters. The molecule has 1 heterocycles. The van der Waals surface area contributed by atoms with Crippen LogP contribution < -0.4 is 10.1 Å². The number of ether oxygens (including phenoxy) is 1. The molecule has 3 aromatic carbocycles. The van der Waals surface area contributed by atoms with E-state index in [9.17, 15) is 9.50 Å². The largest absolute Gasteiger partial charge is 0.508 e. The summed E-state index contributed by atoms with van der Waals surface area (Å²) in [6, 6.07) is 17.0. The second kappa shape index (κ2) is 9.28. The predicted octanol–water partition coefficient (Wildman–Crippen LogP) is 5.15. The second-order valence-electron chi connectivity index (χ2n) is 8.15. The van der Waals surface area contributed by atoms with E-state index < -0.39 is 11.9 Å². The van der Waals surface area contributed by atoms with E-state index >= 15 is 0 Å². The lowest BCUT2D eigenvalue weighted by molar-refractivity contribution is 0.411. The van der Waals surface area contributed by atoms with Gasteiger partial charge in [0.05, 0.1) is 18.5 Å². The number of aryl methyl sites for hydroxylation is 1. The van der Waals surface area contributed by atoms with Crippen LogP contribution >= 0.6 is 0 Å². The van der Waals surface area contributed by atoms with Crippen LogP contribution in [0.4, 0.5) is 10.1 Å². The number of phenolic OH excluding ortho intramolecular Hbond substituents is 1. The third-order valence-electron chi connectivity index (χ3n) is 5.51. The molecule has 0 bridgehead atoms. The highest BCUT2D eigenvalue weighted by Crippen LogP contribution is 2.35. The minimum absolute atomic E-state index is 0.0631. The standard InChI is InChI=1S/C25H26FN5O2/c1-15(2)18-7-5-6-8-22(18)31-25(28-29-30-31)24(19-11-9-16(3)13-23(19)32)27-21-12-10-17(33-4)14-20(21)26/h5-15,24,27,32H,1-4H3. The fourth-order valence-electron chi connectivity index (χ4n) is 3.79. The van der Waals surface area contributed by atoms with Crippen LogP contribution in [0.25, 0.3) is 5.69 Å². The van der Waals surface area contributed by atoms with Crippen LogP contribution in [0, 0.1) is 12.7 Å². The van der Waals surface area contributed by atoms with Crippen LogP contribution in [0.1, 0.15) is 48.3 Å². The monoisotopic (exact) mass is 447 g/mol. The fourth-order valence-corrected chi connectivity index (χ4v) is 3.79. The van der Waals surface area contributed by atoms with Crippen molar-refractivity contribution >= 4 is 5.69 Å². The highest BCUT2D eigenvalue weighted by molar-refractivity contribution is 5.54. The number of aromatic nitrogens is 4. The normalized spacial score (nSPS) is 12.1. The van der Waals surface area contributed by atoms with Crippen molar-refractivity contribution in [1.82, 2.24) is 20.2 Å². The number of nitrogens with zero attached hydrogens (tertiary/aromatic N) is 4. The van der Waals surface area contributed by atoms with Gasteiger partial charge >= 0.3 is 0 Å². The topological polar surface area (TPSA) is 85.1 Å². The van der Waals surface area contributed by atoms with Gasteiger partial charge in [-0.2, -0.15) is 4.68 Å². The summed E-state index contributed by atoms with van der Waals surface area (Å²) in [5.74, 6) is 0.623. The summed E-state index contributed by atoms with van der Waals surface area (Å²) in [4.78, 5) is 0. The third kappa shape index (κ3) is 4.50. The summed E-state index contributed by atoms with van der Waals surface area (Å²) in [6.45, 7) is 6.08. The number of rotatable bonds is 7. The Bertz CT molecular complexity index is 1270. The number of halogens is 1. The number of anilines is 1. The van der Waals surface area contributed by atoms with Crippen molar-refractivity contribution in [3.05, 3.63) is 89.0 Å². The van der Waals surface area contributed by atoms with E-state index in [1.165, 1.54) is 13.2 Å². The number of tetrazole rings is 1. The Kier molecular flexibility index (Phi) is 6.26. The van der Waals surface area contributed by atoms with Gasteiger partial charge < -0.3 is 15.2 Å². The molecule has 0 aliphatic heterocycles. The van der Waals surface area contributed by atoms with Gasteiger partial charge in [0, 0.05) is 11.6 Å². The summed E-state index contributed by atoms with van der Waals surface area (Å²) in [5.41, 5.74) is 3.53. The van der Waals surface area contributed by atoms with E-state index in [2.05, 4.69) is 34.7 Å². The van der Waals surface area contributed by atoms with Crippen molar-refractivity contribution in [2.75, 3.05) is 12.4 Å². The van der Waals surface area contributed by atoms with Crippen molar-refractivity contribution in [3.63, 3.8) is 0 Å². The molecule has 2 N–H and O–H groups in total. The first-order chi connectivity index (χ1) is 15.9. The number of benzene rings is 3. The molecule has 4 aromatic rings. The molecule has 0 saturated carbocycles. The molecule has 0 fully saturated rings. The molecule has 0 aliphatic carbocycles. The van der Waals surface area contributed by atoms with Crippen molar-refractivity contribution < 1.29 is 14.2 Å². The molecule has 7 nitrogen and oxygen atoms in total. The maximum Gasteiger partial charge on any atom is 0.183 e. The maximum absolute atomic E-state index is 14.8. The van der Waals surface area contributed by atoms with Crippen molar-refractivity contribution in [2.24, 2.45) is 0 Å². The molecule has 0 spiro atoms. The molecule has 0 radical (unpaired) electrons. The average Bonchev–Trinajstić information content (AvgIpc) is 3.28. The van der Waals surface area contributed by atoms with Gasteiger partial charge in [0.1, 0.15) is 23.4 Å². The molecule has 4 rings (SSSR count). The van der Waals surface area contributed by atoms with E-state index in [4.69, 9.17) is 4.74 Å². The molecular formula is C25H26FN5O2. The van der Waals surface area contributed by atoms with Crippen molar-refractivity contribution in [3.8, 4) is 17.2 Å². The van der Waals surface area contributed by atoms with E-state index in [1.54, 1.807) is 28.9 Å². The molecule has 0 amide bonds. The molecule has 0 saturated heterocycles. The van der Waals surface area contributed by atoms with Gasteiger partial charge in [-0.15, -0.1) is 5.10 Å². The van der Waals surface area contributed by atoms with E-state index in [1.807, 2.05) is 37.3 Å². The number of methoxy groups -OCH3 is 1. The third-order valence-corrected chi connectivity index (χ3v) is 5.51. The minimum atomic E-state index is -0.733. The Morgan fingerprint density at radius 3 is 2.52 bits per heavy atom. The zero-order valence-corrected chi connectivity index (χ0v) is 19.0. The van der Waals surface area contributed by atoms with E-state index in [0.717, 1.165) is 16.8 Å². The van der Waals surface area contributed by atoms with Crippen molar-refractivity contribution in [2.45, 2.75) is 32.7 Å². The summed E-state index contributed by atoms with van der Waals surface area (Å²) in [5, 5.41) is 26.4. The molecule has 170 valence electrons. The highest BCUT2D eigenvalue weighted by Gasteiger charge is 2.27. The summed E-state index contributed by atoms with van der Waals surface area (Å²) in [6.07, 6.45) is 0.